The van der Waals surface area contributed by atoms with Crippen LogP contribution in [0.3, 0.4) is 0 Å². The molecule has 1 aromatic rings. The Morgan fingerprint density at radius 1 is 1.22 bits per heavy atom. The molecule has 0 aromatic heterocycles. The third-order valence-electron chi connectivity index (χ3n) is 2.99. The van der Waals surface area contributed by atoms with Crippen LogP contribution in [0, 0.1) is 5.92 Å². The van der Waals surface area contributed by atoms with Gasteiger partial charge in [0.2, 0.25) is 0 Å². The van der Waals surface area contributed by atoms with Crippen LogP contribution in [0.4, 0.5) is 0 Å². The molecule has 0 amide bonds. The van der Waals surface area contributed by atoms with E-state index in [0.29, 0.717) is 13.2 Å². The average Bonchev–Trinajstić information content (AvgIpc) is 2.39. The van der Waals surface area contributed by atoms with Crippen molar-refractivity contribution in [3.05, 3.63) is 18.2 Å². The number of halogens is 1. The molecule has 2 rings (SSSR count). The van der Waals surface area contributed by atoms with Gasteiger partial charge in [-0.25, -0.2) is 0 Å². The van der Waals surface area contributed by atoms with E-state index in [0.717, 1.165) is 28.5 Å². The topological polar surface area (TPSA) is 18.5 Å². The molecule has 1 aliphatic rings. The quantitative estimate of drug-likeness (QED) is 0.570. The van der Waals surface area contributed by atoms with E-state index in [2.05, 4.69) is 35.0 Å². The highest BCUT2D eigenvalue weighted by atomic mass is 79.9. The van der Waals surface area contributed by atoms with E-state index < -0.39 is 0 Å². The number of benzene rings is 1. The summed E-state index contributed by atoms with van der Waals surface area (Å²) in [6.07, 6.45) is 2.51. The molecule has 0 bridgehead atoms. The Labute approximate surface area is 122 Å². The Morgan fingerprint density at radius 3 is 2.78 bits per heavy atom. The molecule has 0 N–H and O–H groups in total. The number of fused-ring (bicyclic) bond motifs is 1. The first kappa shape index (κ1) is 14.1. The molecule has 0 spiro atoms. The lowest BCUT2D eigenvalue weighted by atomic mass is 10.1. The predicted octanol–water partition coefficient (Wildman–Crippen LogP) is 4.36. The molecule has 0 aliphatic carbocycles. The van der Waals surface area contributed by atoms with E-state index in [9.17, 15) is 0 Å². The van der Waals surface area contributed by atoms with Gasteiger partial charge in [0.15, 0.2) is 11.5 Å². The van der Waals surface area contributed by atoms with Gasteiger partial charge in [0, 0.05) is 10.2 Å². The van der Waals surface area contributed by atoms with Crippen molar-refractivity contribution in [3.63, 3.8) is 0 Å². The average molecular weight is 331 g/mol. The fourth-order valence-corrected chi connectivity index (χ4v) is 3.71. The second-order valence-corrected chi connectivity index (χ2v) is 6.49. The lowest BCUT2D eigenvalue weighted by molar-refractivity contribution is 0.171. The van der Waals surface area contributed by atoms with Crippen LogP contribution in [-0.4, -0.2) is 24.3 Å². The van der Waals surface area contributed by atoms with E-state index >= 15 is 0 Å². The molecular weight excluding hydrogens is 312 g/mol. The number of hydrogen-bond acceptors (Lipinski definition) is 3. The second kappa shape index (κ2) is 7.29. The van der Waals surface area contributed by atoms with E-state index in [1.54, 1.807) is 0 Å². The highest BCUT2D eigenvalue weighted by Gasteiger charge is 2.11. The van der Waals surface area contributed by atoms with E-state index in [1.807, 2.05) is 17.8 Å². The highest BCUT2D eigenvalue weighted by molar-refractivity contribution is 9.09. The van der Waals surface area contributed by atoms with Crippen molar-refractivity contribution < 1.29 is 9.47 Å². The molecule has 2 nitrogen and oxygen atoms in total. The van der Waals surface area contributed by atoms with Crippen LogP contribution in [-0.2, 0) is 0 Å². The molecule has 1 unspecified atom stereocenters. The van der Waals surface area contributed by atoms with Crippen LogP contribution in [0.25, 0.3) is 0 Å². The minimum absolute atomic E-state index is 0.656. The maximum atomic E-state index is 5.59. The molecule has 0 fully saturated rings. The second-order valence-electron chi connectivity index (χ2n) is 4.53. The Hall–Kier alpha value is -0.350. The van der Waals surface area contributed by atoms with Gasteiger partial charge in [-0.05, 0) is 42.7 Å². The van der Waals surface area contributed by atoms with Gasteiger partial charge in [-0.15, -0.1) is 11.8 Å². The van der Waals surface area contributed by atoms with Gasteiger partial charge in [-0.1, -0.05) is 22.9 Å². The lowest BCUT2D eigenvalue weighted by Crippen LogP contribution is -2.15. The van der Waals surface area contributed by atoms with Gasteiger partial charge >= 0.3 is 0 Å². The van der Waals surface area contributed by atoms with Gasteiger partial charge in [-0.3, -0.25) is 0 Å². The van der Waals surface area contributed by atoms with Crippen molar-refractivity contribution in [2.24, 2.45) is 5.92 Å². The molecule has 4 heteroatoms. The third kappa shape index (κ3) is 4.09. The maximum absolute atomic E-state index is 5.59. The summed E-state index contributed by atoms with van der Waals surface area (Å²) in [5.74, 6) is 3.71. The minimum atomic E-state index is 0.656. The molecule has 1 aliphatic heterocycles. The molecule has 1 heterocycles. The predicted molar refractivity (Wildman–Crippen MR) is 80.3 cm³/mol. The van der Waals surface area contributed by atoms with E-state index in [1.165, 1.54) is 17.7 Å². The number of alkyl halides is 1. The lowest BCUT2D eigenvalue weighted by Gasteiger charge is -2.18. The normalized spacial score (nSPS) is 15.4. The third-order valence-corrected chi connectivity index (χ3v) is 4.48. The van der Waals surface area contributed by atoms with Crippen molar-refractivity contribution in [2.75, 3.05) is 24.3 Å². The SMILES string of the molecule is CC(CCBr)CCSc1ccc2c(c1)OCCO2. The summed E-state index contributed by atoms with van der Waals surface area (Å²) in [5.41, 5.74) is 0. The summed E-state index contributed by atoms with van der Waals surface area (Å²) in [5, 5.41) is 1.10. The smallest absolute Gasteiger partial charge is 0.162 e. The largest absolute Gasteiger partial charge is 0.486 e. The minimum Gasteiger partial charge on any atom is -0.486 e. The molecular formula is C14H19BrO2S. The van der Waals surface area contributed by atoms with E-state index in [4.69, 9.17) is 9.47 Å². The molecule has 18 heavy (non-hydrogen) atoms. The Bertz CT molecular complexity index is 384. The van der Waals surface area contributed by atoms with Gasteiger partial charge in [0.05, 0.1) is 0 Å². The van der Waals surface area contributed by atoms with Crippen LogP contribution in [0.5, 0.6) is 11.5 Å². The van der Waals surface area contributed by atoms with Crippen LogP contribution in [0.2, 0.25) is 0 Å². The monoisotopic (exact) mass is 330 g/mol. The summed E-state index contributed by atoms with van der Waals surface area (Å²) < 4.78 is 11.1. The zero-order valence-electron chi connectivity index (χ0n) is 10.7. The molecule has 1 atom stereocenters. The van der Waals surface area contributed by atoms with Gasteiger partial charge in [0.25, 0.3) is 0 Å². The van der Waals surface area contributed by atoms with Crippen molar-refractivity contribution in [1.82, 2.24) is 0 Å². The Morgan fingerprint density at radius 2 is 2.00 bits per heavy atom. The summed E-state index contributed by atoms with van der Waals surface area (Å²) in [6, 6.07) is 6.22. The van der Waals surface area contributed by atoms with E-state index in [-0.39, 0.29) is 0 Å². The maximum Gasteiger partial charge on any atom is 0.162 e. The standard InChI is InChI=1S/C14H19BrO2S/c1-11(4-6-15)5-9-18-12-2-3-13-14(10-12)17-8-7-16-13/h2-3,10-11H,4-9H2,1H3. The van der Waals surface area contributed by atoms with Crippen LogP contribution in [0.15, 0.2) is 23.1 Å². The Kier molecular flexibility index (Phi) is 5.70. The summed E-state index contributed by atoms with van der Waals surface area (Å²) >= 11 is 5.39. The summed E-state index contributed by atoms with van der Waals surface area (Å²) in [7, 11) is 0. The molecule has 0 radical (unpaired) electrons. The van der Waals surface area contributed by atoms with Gasteiger partial charge in [-0.2, -0.15) is 0 Å². The zero-order valence-corrected chi connectivity index (χ0v) is 13.1. The zero-order chi connectivity index (χ0) is 12.8. The first-order chi connectivity index (χ1) is 8.79. The molecule has 0 saturated heterocycles. The van der Waals surface area contributed by atoms with Crippen LogP contribution in [0.1, 0.15) is 19.8 Å². The van der Waals surface area contributed by atoms with Gasteiger partial charge in [0.1, 0.15) is 13.2 Å². The van der Waals surface area contributed by atoms with Crippen molar-refractivity contribution in [3.8, 4) is 11.5 Å². The Balaban J connectivity index is 1.82. The first-order valence-corrected chi connectivity index (χ1v) is 8.48. The molecule has 100 valence electrons. The molecule has 1 aromatic carbocycles. The summed E-state index contributed by atoms with van der Waals surface area (Å²) in [4.78, 5) is 1.27. The number of ether oxygens (including phenoxy) is 2. The fraction of sp³-hybridized carbons (Fsp3) is 0.571. The molecule has 0 saturated carbocycles. The van der Waals surface area contributed by atoms with Crippen molar-refractivity contribution in [2.45, 2.75) is 24.7 Å². The highest BCUT2D eigenvalue weighted by Crippen LogP contribution is 2.34. The van der Waals surface area contributed by atoms with Crippen LogP contribution >= 0.6 is 27.7 Å². The number of thioether (sulfide) groups is 1. The van der Waals surface area contributed by atoms with Crippen LogP contribution < -0.4 is 9.47 Å². The fourth-order valence-electron chi connectivity index (χ4n) is 1.82. The summed E-state index contributed by atoms with van der Waals surface area (Å²) in [6.45, 7) is 3.62. The first-order valence-electron chi connectivity index (χ1n) is 6.38. The van der Waals surface area contributed by atoms with Crippen molar-refractivity contribution >= 4 is 27.7 Å². The number of rotatable bonds is 6. The van der Waals surface area contributed by atoms with Gasteiger partial charge < -0.3 is 9.47 Å². The number of hydrogen-bond donors (Lipinski definition) is 0. The van der Waals surface area contributed by atoms with Crippen molar-refractivity contribution in [1.29, 1.82) is 0 Å².